The maximum Gasteiger partial charge on any atom is 0.257 e. The molecular weight excluding hydrogens is 402 g/mol. The van der Waals surface area contributed by atoms with E-state index in [4.69, 9.17) is 9.47 Å². The van der Waals surface area contributed by atoms with E-state index in [9.17, 15) is 13.2 Å². The molecule has 0 aliphatic rings. The summed E-state index contributed by atoms with van der Waals surface area (Å²) in [7, 11) is -3.33. The quantitative estimate of drug-likeness (QED) is 0.499. The van der Waals surface area contributed by atoms with Gasteiger partial charge in [-0.25, -0.2) is 8.42 Å². The van der Waals surface area contributed by atoms with Crippen LogP contribution in [0.5, 0.6) is 17.2 Å². The van der Waals surface area contributed by atoms with Crippen molar-refractivity contribution in [2.24, 2.45) is 0 Å². The number of carbonyl (C=O) groups excluding carboxylic acids is 1. The topological polar surface area (TPSA) is 81.7 Å². The molecule has 0 bridgehead atoms. The summed E-state index contributed by atoms with van der Waals surface area (Å²) in [5, 5.41) is 2.67. The van der Waals surface area contributed by atoms with Crippen LogP contribution in [-0.2, 0) is 14.6 Å². The van der Waals surface area contributed by atoms with E-state index in [0.29, 0.717) is 22.8 Å². The normalized spacial score (nSPS) is 10.9. The third kappa shape index (κ3) is 6.63. The number of rotatable bonds is 10. The van der Waals surface area contributed by atoms with Crippen molar-refractivity contribution in [3.63, 3.8) is 0 Å². The molecule has 7 heteroatoms. The van der Waals surface area contributed by atoms with Crippen LogP contribution >= 0.6 is 0 Å². The maximum atomic E-state index is 12.2. The molecule has 0 atom stereocenters. The largest absolute Gasteiger partial charge is 0.484 e. The predicted molar refractivity (Wildman–Crippen MR) is 115 cm³/mol. The molecule has 0 aliphatic heterocycles. The molecule has 3 aromatic rings. The lowest BCUT2D eigenvalue weighted by Gasteiger charge is -2.09. The summed E-state index contributed by atoms with van der Waals surface area (Å²) in [6, 6.07) is 24.7. The highest BCUT2D eigenvalue weighted by Gasteiger charge is 2.13. The highest BCUT2D eigenvalue weighted by Crippen LogP contribution is 2.23. The molecule has 1 N–H and O–H groups in total. The number of sulfone groups is 1. The van der Waals surface area contributed by atoms with Crippen molar-refractivity contribution in [1.82, 2.24) is 5.32 Å². The summed E-state index contributed by atoms with van der Waals surface area (Å²) in [6.07, 6.45) is 0.328. The molecule has 0 heterocycles. The molecule has 6 nitrogen and oxygen atoms in total. The molecular formula is C23H23NO5S. The molecule has 0 fully saturated rings. The standard InChI is InChI=1S/C23H23NO5S/c25-23(24-16-7-17-30(26,27)22-10-5-2-6-11-22)18-28-19-12-14-21(15-13-19)29-20-8-3-1-4-9-20/h1-6,8-15H,7,16-18H2,(H,24,25). The number of ether oxygens (including phenoxy) is 2. The smallest absolute Gasteiger partial charge is 0.257 e. The summed E-state index contributed by atoms with van der Waals surface area (Å²) >= 11 is 0. The molecule has 0 aromatic heterocycles. The molecule has 0 aliphatic carbocycles. The highest BCUT2D eigenvalue weighted by atomic mass is 32.2. The number of hydrogen-bond acceptors (Lipinski definition) is 5. The van der Waals surface area contributed by atoms with E-state index in [2.05, 4.69) is 5.32 Å². The van der Waals surface area contributed by atoms with Gasteiger partial charge in [0.2, 0.25) is 0 Å². The van der Waals surface area contributed by atoms with Gasteiger partial charge in [-0.2, -0.15) is 0 Å². The number of carbonyl (C=O) groups is 1. The lowest BCUT2D eigenvalue weighted by molar-refractivity contribution is -0.123. The van der Waals surface area contributed by atoms with Crippen molar-refractivity contribution in [2.75, 3.05) is 18.9 Å². The maximum absolute atomic E-state index is 12.2. The molecule has 156 valence electrons. The Balaban J connectivity index is 1.36. The first kappa shape index (κ1) is 21.4. The average Bonchev–Trinajstić information content (AvgIpc) is 2.78. The van der Waals surface area contributed by atoms with Crippen molar-refractivity contribution >= 4 is 15.7 Å². The predicted octanol–water partition coefficient (Wildman–Crippen LogP) is 3.84. The van der Waals surface area contributed by atoms with Gasteiger partial charge in [-0.15, -0.1) is 0 Å². The lowest BCUT2D eigenvalue weighted by atomic mass is 10.3. The van der Waals surface area contributed by atoms with E-state index in [1.807, 2.05) is 30.3 Å². The summed E-state index contributed by atoms with van der Waals surface area (Å²) < 4.78 is 35.5. The Morgan fingerprint density at radius 3 is 2.00 bits per heavy atom. The summed E-state index contributed by atoms with van der Waals surface area (Å²) in [5.74, 6) is 1.60. The SMILES string of the molecule is O=C(COc1ccc(Oc2ccccc2)cc1)NCCCS(=O)(=O)c1ccccc1. The van der Waals surface area contributed by atoms with Crippen LogP contribution in [0.15, 0.2) is 89.8 Å². The van der Waals surface area contributed by atoms with Gasteiger partial charge in [0.15, 0.2) is 16.4 Å². The fourth-order valence-electron chi connectivity index (χ4n) is 2.66. The Kier molecular flexibility index (Phi) is 7.45. The zero-order valence-corrected chi connectivity index (χ0v) is 17.2. The van der Waals surface area contributed by atoms with Crippen LogP contribution in [0.1, 0.15) is 6.42 Å². The molecule has 0 spiro atoms. The minimum Gasteiger partial charge on any atom is -0.484 e. The molecule has 0 saturated carbocycles. The Bertz CT molecular complexity index is 1040. The van der Waals surface area contributed by atoms with Crippen LogP contribution in [0.2, 0.25) is 0 Å². The molecule has 0 saturated heterocycles. The summed E-state index contributed by atoms with van der Waals surface area (Å²) in [5.41, 5.74) is 0. The number of hydrogen-bond donors (Lipinski definition) is 1. The number of nitrogens with one attached hydrogen (secondary N) is 1. The van der Waals surface area contributed by atoms with Gasteiger partial charge in [-0.1, -0.05) is 36.4 Å². The molecule has 3 rings (SSSR count). The Labute approximate surface area is 176 Å². The Morgan fingerprint density at radius 1 is 0.767 bits per heavy atom. The first-order valence-corrected chi connectivity index (χ1v) is 11.2. The van der Waals surface area contributed by atoms with Gasteiger partial charge in [0.05, 0.1) is 10.6 Å². The Hall–Kier alpha value is -3.32. The van der Waals surface area contributed by atoms with Crippen molar-refractivity contribution in [3.05, 3.63) is 84.9 Å². The van der Waals surface area contributed by atoms with E-state index < -0.39 is 9.84 Å². The van der Waals surface area contributed by atoms with Crippen LogP contribution in [-0.4, -0.2) is 33.2 Å². The Morgan fingerprint density at radius 2 is 1.33 bits per heavy atom. The van der Waals surface area contributed by atoms with E-state index in [0.717, 1.165) is 5.75 Å². The number of benzene rings is 3. The minimum absolute atomic E-state index is 0.0268. The van der Waals surface area contributed by atoms with Gasteiger partial charge < -0.3 is 14.8 Å². The van der Waals surface area contributed by atoms with Crippen LogP contribution in [0, 0.1) is 0 Å². The third-order valence-electron chi connectivity index (χ3n) is 4.19. The molecule has 1 amide bonds. The first-order valence-electron chi connectivity index (χ1n) is 9.53. The van der Waals surface area contributed by atoms with Crippen molar-refractivity contribution in [2.45, 2.75) is 11.3 Å². The van der Waals surface area contributed by atoms with Crippen LogP contribution < -0.4 is 14.8 Å². The van der Waals surface area contributed by atoms with Crippen molar-refractivity contribution < 1.29 is 22.7 Å². The van der Waals surface area contributed by atoms with Crippen LogP contribution in [0.4, 0.5) is 0 Å². The summed E-state index contributed by atoms with van der Waals surface area (Å²) in [6.45, 7) is 0.114. The molecule has 3 aromatic carbocycles. The van der Waals surface area contributed by atoms with E-state index in [-0.39, 0.29) is 24.8 Å². The molecule has 0 unspecified atom stereocenters. The van der Waals surface area contributed by atoms with Crippen LogP contribution in [0.3, 0.4) is 0 Å². The van der Waals surface area contributed by atoms with Crippen molar-refractivity contribution in [3.8, 4) is 17.2 Å². The lowest BCUT2D eigenvalue weighted by Crippen LogP contribution is -2.30. The zero-order chi connectivity index (χ0) is 21.2. The number of amides is 1. The van der Waals surface area contributed by atoms with Gasteiger partial charge in [0, 0.05) is 6.54 Å². The van der Waals surface area contributed by atoms with Gasteiger partial charge in [0.25, 0.3) is 5.91 Å². The van der Waals surface area contributed by atoms with Crippen LogP contribution in [0.25, 0.3) is 0 Å². The fourth-order valence-corrected chi connectivity index (χ4v) is 4.00. The second kappa shape index (κ2) is 10.5. The van der Waals surface area contributed by atoms with Gasteiger partial charge in [-0.05, 0) is 55.0 Å². The third-order valence-corrected chi connectivity index (χ3v) is 6.00. The van der Waals surface area contributed by atoms with E-state index in [1.54, 1.807) is 54.6 Å². The van der Waals surface area contributed by atoms with Crippen molar-refractivity contribution in [1.29, 1.82) is 0 Å². The van der Waals surface area contributed by atoms with E-state index in [1.165, 1.54) is 0 Å². The fraction of sp³-hybridized carbons (Fsp3) is 0.174. The van der Waals surface area contributed by atoms with Gasteiger partial charge in [-0.3, -0.25) is 4.79 Å². The minimum atomic E-state index is -3.33. The summed E-state index contributed by atoms with van der Waals surface area (Å²) in [4.78, 5) is 12.2. The molecule has 0 radical (unpaired) electrons. The number of para-hydroxylation sites is 1. The van der Waals surface area contributed by atoms with Gasteiger partial charge >= 0.3 is 0 Å². The highest BCUT2D eigenvalue weighted by molar-refractivity contribution is 7.91. The van der Waals surface area contributed by atoms with E-state index >= 15 is 0 Å². The van der Waals surface area contributed by atoms with Gasteiger partial charge in [0.1, 0.15) is 17.2 Å². The molecule has 30 heavy (non-hydrogen) atoms. The monoisotopic (exact) mass is 425 g/mol. The first-order chi connectivity index (χ1) is 14.5. The average molecular weight is 426 g/mol. The second-order valence-corrected chi connectivity index (χ2v) is 8.62. The zero-order valence-electron chi connectivity index (χ0n) is 16.4. The second-order valence-electron chi connectivity index (χ2n) is 6.51.